The van der Waals surface area contributed by atoms with Crippen LogP contribution in [0.5, 0.6) is 11.5 Å². The molecule has 0 spiro atoms. The van der Waals surface area contributed by atoms with Crippen LogP contribution in [0.25, 0.3) is 11.1 Å². The van der Waals surface area contributed by atoms with Gasteiger partial charge in [-0.25, -0.2) is 4.98 Å². The van der Waals surface area contributed by atoms with Gasteiger partial charge in [-0.05, 0) is 47.9 Å². The van der Waals surface area contributed by atoms with E-state index in [1.165, 1.54) is 0 Å². The fraction of sp³-hybridized carbons (Fsp3) is 0.290. The molecule has 2 N–H and O–H groups in total. The number of hydrogen-bond acceptors (Lipinski definition) is 7. The highest BCUT2D eigenvalue weighted by molar-refractivity contribution is 5.95. The summed E-state index contributed by atoms with van der Waals surface area (Å²) in [6.45, 7) is 2.37. The molecule has 5 heterocycles. The van der Waals surface area contributed by atoms with Crippen molar-refractivity contribution in [3.63, 3.8) is 0 Å². The molecule has 0 radical (unpaired) electrons. The summed E-state index contributed by atoms with van der Waals surface area (Å²) in [6, 6.07) is 16.6. The maximum absolute atomic E-state index is 13.6. The number of aromatic nitrogens is 3. The van der Waals surface area contributed by atoms with E-state index in [0.29, 0.717) is 36.7 Å². The topological polar surface area (TPSA) is 111 Å². The number of pyridine rings is 1. The van der Waals surface area contributed by atoms with E-state index in [1.54, 1.807) is 24.7 Å². The summed E-state index contributed by atoms with van der Waals surface area (Å²) in [7, 11) is 1.98. The fourth-order valence-electron chi connectivity index (χ4n) is 5.17. The average molecular weight is 553 g/mol. The molecule has 4 aromatic rings. The first-order valence-electron chi connectivity index (χ1n) is 13.7. The molecule has 210 valence electrons. The van der Waals surface area contributed by atoms with Crippen LogP contribution in [0.3, 0.4) is 0 Å². The van der Waals surface area contributed by atoms with Gasteiger partial charge in [-0.3, -0.25) is 19.5 Å². The van der Waals surface area contributed by atoms with Gasteiger partial charge >= 0.3 is 0 Å². The summed E-state index contributed by atoms with van der Waals surface area (Å²) in [6.07, 6.45) is 7.52. The first-order valence-corrected chi connectivity index (χ1v) is 13.7. The van der Waals surface area contributed by atoms with Crippen LogP contribution in [-0.4, -0.2) is 63.1 Å². The quantitative estimate of drug-likeness (QED) is 0.394. The predicted molar refractivity (Wildman–Crippen MR) is 152 cm³/mol. The van der Waals surface area contributed by atoms with E-state index < -0.39 is 0 Å². The van der Waals surface area contributed by atoms with Crippen molar-refractivity contribution in [1.82, 2.24) is 30.1 Å². The number of hydrogen-bond donors (Lipinski definition) is 2. The smallest absolute Gasteiger partial charge is 0.258 e. The number of nitrogens with zero attached hydrogens (tertiary/aromatic N) is 4. The van der Waals surface area contributed by atoms with Crippen molar-refractivity contribution in [1.29, 1.82) is 0 Å². The molecular weight excluding hydrogens is 520 g/mol. The zero-order valence-electron chi connectivity index (χ0n) is 22.8. The second-order valence-electron chi connectivity index (χ2n) is 10.4. The number of nitrogens with one attached hydrogen (secondary N) is 2. The Balaban J connectivity index is 1.29. The third-order valence-electron chi connectivity index (χ3n) is 7.47. The highest BCUT2D eigenvalue weighted by atomic mass is 16.5. The molecule has 2 amide bonds. The predicted octanol–water partition coefficient (Wildman–Crippen LogP) is 2.94. The SMILES string of the molecule is Cn1ccnc1CN1CC[C@@H]2Oc3ccc(cc3)CNC(=O)COc3cccc(c3)-c3cncc(c3)C(=O)N[C@@H]2C1. The molecule has 0 unspecified atom stereocenters. The Morgan fingerprint density at radius 1 is 1.00 bits per heavy atom. The molecule has 2 aromatic heterocycles. The number of aryl methyl sites for hydroxylation is 1. The Labute approximate surface area is 238 Å². The summed E-state index contributed by atoms with van der Waals surface area (Å²) in [4.78, 5) is 37.1. The van der Waals surface area contributed by atoms with Gasteiger partial charge in [0, 0.05) is 57.0 Å². The van der Waals surface area contributed by atoms with Crippen LogP contribution in [0.1, 0.15) is 28.2 Å². The van der Waals surface area contributed by atoms with Crippen molar-refractivity contribution in [2.75, 3.05) is 19.7 Å². The maximum Gasteiger partial charge on any atom is 0.258 e. The van der Waals surface area contributed by atoms with Crippen LogP contribution in [0.2, 0.25) is 0 Å². The number of rotatable bonds is 2. The second-order valence-corrected chi connectivity index (χ2v) is 10.4. The van der Waals surface area contributed by atoms with E-state index in [2.05, 4.69) is 25.5 Å². The molecular formula is C31H32N6O4. The Morgan fingerprint density at radius 3 is 2.68 bits per heavy atom. The number of imidazole rings is 1. The van der Waals surface area contributed by atoms with E-state index in [-0.39, 0.29) is 30.6 Å². The van der Waals surface area contributed by atoms with E-state index in [4.69, 9.17) is 9.47 Å². The van der Waals surface area contributed by atoms with Crippen molar-refractivity contribution >= 4 is 11.8 Å². The largest absolute Gasteiger partial charge is 0.488 e. The number of piperidine rings is 1. The van der Waals surface area contributed by atoms with E-state index in [1.807, 2.05) is 66.3 Å². The van der Waals surface area contributed by atoms with Crippen LogP contribution in [-0.2, 0) is 24.9 Å². The minimum Gasteiger partial charge on any atom is -0.488 e. The molecule has 1 saturated heterocycles. The minimum absolute atomic E-state index is 0.106. The normalized spacial score (nSPS) is 19.7. The lowest BCUT2D eigenvalue weighted by Gasteiger charge is -2.38. The molecule has 10 nitrogen and oxygen atoms in total. The highest BCUT2D eigenvalue weighted by Gasteiger charge is 2.33. The van der Waals surface area contributed by atoms with Gasteiger partial charge in [0.05, 0.1) is 18.2 Å². The Bertz CT molecular complexity index is 1540. The summed E-state index contributed by atoms with van der Waals surface area (Å²) in [5.41, 5.74) is 3.00. The highest BCUT2D eigenvalue weighted by Crippen LogP contribution is 2.25. The van der Waals surface area contributed by atoms with Gasteiger partial charge in [0.2, 0.25) is 0 Å². The molecule has 2 aromatic carbocycles. The van der Waals surface area contributed by atoms with Gasteiger partial charge in [-0.2, -0.15) is 0 Å². The van der Waals surface area contributed by atoms with Crippen molar-refractivity contribution < 1.29 is 19.1 Å². The van der Waals surface area contributed by atoms with Crippen LogP contribution < -0.4 is 20.1 Å². The molecule has 3 aliphatic rings. The molecule has 1 fully saturated rings. The lowest BCUT2D eigenvalue weighted by atomic mass is 10.0. The number of ether oxygens (including phenoxy) is 2. The Hall–Kier alpha value is -4.70. The first kappa shape index (κ1) is 26.5. The van der Waals surface area contributed by atoms with Gasteiger partial charge in [-0.1, -0.05) is 24.3 Å². The number of likely N-dealkylation sites (tertiary alicyclic amines) is 1. The summed E-state index contributed by atoms with van der Waals surface area (Å²) >= 11 is 0. The van der Waals surface area contributed by atoms with Gasteiger partial charge in [0.1, 0.15) is 23.4 Å². The van der Waals surface area contributed by atoms with Gasteiger partial charge in [-0.15, -0.1) is 0 Å². The standard InChI is InChI=1S/C31H32N6O4/c1-36-12-10-33-29(36)19-37-11-9-28-27(18-37)35-31(39)24-13-23(16-32-17-24)22-3-2-4-26(14-22)40-20-30(38)34-15-21-5-7-25(41-28)8-6-21/h2-8,10,12-14,16-17,27-28H,9,11,15,18-20H2,1H3,(H,34,38)(H,35,39)/t27-,28+/m1/s1. The molecule has 7 rings (SSSR count). The second kappa shape index (κ2) is 11.8. The van der Waals surface area contributed by atoms with Crippen molar-refractivity contribution in [3.8, 4) is 22.6 Å². The maximum atomic E-state index is 13.6. The molecule has 0 saturated carbocycles. The average Bonchev–Trinajstić information content (AvgIpc) is 3.40. The van der Waals surface area contributed by atoms with E-state index >= 15 is 0 Å². The number of carbonyl (C=O) groups excluding carboxylic acids is 2. The zero-order chi connectivity index (χ0) is 28.2. The third-order valence-corrected chi connectivity index (χ3v) is 7.47. The van der Waals surface area contributed by atoms with Crippen molar-refractivity contribution in [2.45, 2.75) is 31.7 Å². The number of carbonyl (C=O) groups is 2. The van der Waals surface area contributed by atoms with Crippen LogP contribution in [0.4, 0.5) is 0 Å². The van der Waals surface area contributed by atoms with Crippen molar-refractivity contribution in [2.24, 2.45) is 7.05 Å². The van der Waals surface area contributed by atoms with Gasteiger partial charge in [0.15, 0.2) is 6.61 Å². The van der Waals surface area contributed by atoms with Gasteiger partial charge in [0.25, 0.3) is 11.8 Å². The number of amides is 2. The summed E-state index contributed by atoms with van der Waals surface area (Å²) in [5, 5.41) is 6.13. The van der Waals surface area contributed by atoms with Crippen LogP contribution in [0, 0.1) is 0 Å². The lowest BCUT2D eigenvalue weighted by molar-refractivity contribution is -0.123. The molecule has 10 heteroatoms. The molecule has 0 aliphatic carbocycles. The third kappa shape index (κ3) is 6.38. The lowest BCUT2D eigenvalue weighted by Crippen LogP contribution is -2.56. The van der Waals surface area contributed by atoms with Crippen LogP contribution in [0.15, 0.2) is 79.4 Å². The van der Waals surface area contributed by atoms with E-state index in [0.717, 1.165) is 35.5 Å². The Kier molecular flexibility index (Phi) is 7.64. The fourth-order valence-corrected chi connectivity index (χ4v) is 5.17. The summed E-state index contributed by atoms with van der Waals surface area (Å²) < 4.78 is 14.2. The Morgan fingerprint density at radius 2 is 1.85 bits per heavy atom. The number of benzene rings is 2. The molecule has 41 heavy (non-hydrogen) atoms. The van der Waals surface area contributed by atoms with E-state index in [9.17, 15) is 9.59 Å². The molecule has 6 bridgehead atoms. The first-order chi connectivity index (χ1) is 20.0. The summed E-state index contributed by atoms with van der Waals surface area (Å²) in [5.74, 6) is 1.80. The molecule has 2 atom stereocenters. The molecule has 3 aliphatic heterocycles. The van der Waals surface area contributed by atoms with Crippen molar-refractivity contribution in [3.05, 3.63) is 96.3 Å². The monoisotopic (exact) mass is 552 g/mol. The number of fused-ring (bicyclic) bond motifs is 7. The van der Waals surface area contributed by atoms with Crippen LogP contribution >= 0.6 is 0 Å². The zero-order valence-corrected chi connectivity index (χ0v) is 22.8. The minimum atomic E-state index is -0.263. The van der Waals surface area contributed by atoms with Gasteiger partial charge < -0.3 is 24.7 Å².